The van der Waals surface area contributed by atoms with Gasteiger partial charge in [0.1, 0.15) is 11.8 Å². The molecule has 1 saturated heterocycles. The van der Waals surface area contributed by atoms with E-state index in [0.29, 0.717) is 36.0 Å². The van der Waals surface area contributed by atoms with Crippen LogP contribution in [-0.2, 0) is 0 Å². The molecule has 1 aromatic heterocycles. The molecule has 2 aromatic carbocycles. The minimum atomic E-state index is -0.490. The molecule has 1 amide bonds. The minimum Gasteiger partial charge on any atom is -0.497 e. The number of carbonyl (C=O) groups excluding carboxylic acids is 1. The van der Waals surface area contributed by atoms with E-state index in [-0.39, 0.29) is 17.6 Å². The van der Waals surface area contributed by atoms with Gasteiger partial charge in [-0.05, 0) is 43.5 Å². The lowest BCUT2D eigenvalue weighted by Gasteiger charge is -2.33. The molecule has 0 unspecified atom stereocenters. The highest BCUT2D eigenvalue weighted by Gasteiger charge is 2.33. The van der Waals surface area contributed by atoms with Gasteiger partial charge in [-0.2, -0.15) is 4.98 Å². The quantitative estimate of drug-likeness (QED) is 0.463. The standard InChI is InChI=1S/C21H20N4O5/c1-29-17-6-4-5-15(13-17)19-22-20(30-23-19)18-7-2-3-12-24(18)21(26)14-8-10-16(11-9-14)25(27)28/h4-6,8-11,13,18H,2-3,7,12H2,1H3/t18-/m1/s1. The van der Waals surface area contributed by atoms with Crippen LogP contribution >= 0.6 is 0 Å². The topological polar surface area (TPSA) is 112 Å². The average molecular weight is 408 g/mol. The largest absolute Gasteiger partial charge is 0.497 e. The monoisotopic (exact) mass is 408 g/mol. The molecule has 1 aliphatic rings. The summed E-state index contributed by atoms with van der Waals surface area (Å²) in [7, 11) is 1.59. The van der Waals surface area contributed by atoms with E-state index in [1.54, 1.807) is 12.0 Å². The highest BCUT2D eigenvalue weighted by molar-refractivity contribution is 5.94. The third-order valence-corrected chi connectivity index (χ3v) is 5.14. The van der Waals surface area contributed by atoms with Crippen molar-refractivity contribution in [3.8, 4) is 17.1 Å². The number of ether oxygens (including phenoxy) is 1. The van der Waals surface area contributed by atoms with Gasteiger partial charge in [0.15, 0.2) is 0 Å². The molecule has 9 heteroatoms. The average Bonchev–Trinajstić information content (AvgIpc) is 3.29. The predicted molar refractivity (Wildman–Crippen MR) is 107 cm³/mol. The molecule has 2 heterocycles. The molecule has 30 heavy (non-hydrogen) atoms. The normalized spacial score (nSPS) is 16.3. The molecule has 1 aliphatic heterocycles. The van der Waals surface area contributed by atoms with Crippen LogP contribution in [0.15, 0.2) is 53.1 Å². The van der Waals surface area contributed by atoms with Gasteiger partial charge in [0.25, 0.3) is 11.6 Å². The maximum Gasteiger partial charge on any atom is 0.269 e. The van der Waals surface area contributed by atoms with Crippen LogP contribution in [0.5, 0.6) is 5.75 Å². The molecule has 1 atom stereocenters. The van der Waals surface area contributed by atoms with E-state index in [1.807, 2.05) is 24.3 Å². The van der Waals surface area contributed by atoms with Gasteiger partial charge in [-0.15, -0.1) is 0 Å². The number of nitro benzene ring substituents is 1. The molecule has 0 saturated carbocycles. The maximum atomic E-state index is 13.1. The lowest BCUT2D eigenvalue weighted by atomic mass is 10.0. The number of likely N-dealkylation sites (tertiary alicyclic amines) is 1. The Hall–Kier alpha value is -3.75. The Morgan fingerprint density at radius 2 is 2.03 bits per heavy atom. The van der Waals surface area contributed by atoms with Crippen molar-refractivity contribution in [2.24, 2.45) is 0 Å². The number of piperidine rings is 1. The highest BCUT2D eigenvalue weighted by Crippen LogP contribution is 2.33. The van der Waals surface area contributed by atoms with Gasteiger partial charge < -0.3 is 14.2 Å². The van der Waals surface area contributed by atoms with Crippen LogP contribution < -0.4 is 4.74 Å². The summed E-state index contributed by atoms with van der Waals surface area (Å²) in [6, 6.07) is 12.6. The molecule has 0 bridgehead atoms. The second-order valence-electron chi connectivity index (χ2n) is 7.00. The summed E-state index contributed by atoms with van der Waals surface area (Å²) < 4.78 is 10.8. The zero-order valence-corrected chi connectivity index (χ0v) is 16.4. The zero-order valence-electron chi connectivity index (χ0n) is 16.4. The molecule has 3 aromatic rings. The minimum absolute atomic E-state index is 0.0541. The van der Waals surface area contributed by atoms with Crippen LogP contribution in [0.1, 0.15) is 41.6 Å². The van der Waals surface area contributed by atoms with E-state index in [4.69, 9.17) is 9.26 Å². The van der Waals surface area contributed by atoms with Crippen LogP contribution in [0, 0.1) is 10.1 Å². The van der Waals surface area contributed by atoms with E-state index in [1.165, 1.54) is 24.3 Å². The number of hydrogen-bond acceptors (Lipinski definition) is 7. The number of aromatic nitrogens is 2. The van der Waals surface area contributed by atoms with Crippen molar-refractivity contribution in [2.75, 3.05) is 13.7 Å². The molecule has 0 aliphatic carbocycles. The summed E-state index contributed by atoms with van der Waals surface area (Å²) in [6.07, 6.45) is 2.51. The molecular formula is C21H20N4O5. The summed E-state index contributed by atoms with van der Waals surface area (Å²) in [6.45, 7) is 0.553. The van der Waals surface area contributed by atoms with Crippen molar-refractivity contribution < 1.29 is 19.0 Å². The van der Waals surface area contributed by atoms with E-state index >= 15 is 0 Å². The summed E-state index contributed by atoms with van der Waals surface area (Å²) in [5.74, 6) is 1.28. The van der Waals surface area contributed by atoms with Crippen LogP contribution in [0.3, 0.4) is 0 Å². The first-order valence-corrected chi connectivity index (χ1v) is 9.60. The summed E-state index contributed by atoms with van der Waals surface area (Å²) in [5.41, 5.74) is 1.09. The Morgan fingerprint density at radius 3 is 2.77 bits per heavy atom. The van der Waals surface area contributed by atoms with Gasteiger partial charge in [-0.1, -0.05) is 17.3 Å². The Bertz CT molecular complexity index is 1060. The van der Waals surface area contributed by atoms with Crippen molar-refractivity contribution >= 4 is 11.6 Å². The van der Waals surface area contributed by atoms with Crippen molar-refractivity contribution in [3.63, 3.8) is 0 Å². The summed E-state index contributed by atoms with van der Waals surface area (Å²) >= 11 is 0. The van der Waals surface area contributed by atoms with Crippen molar-refractivity contribution in [2.45, 2.75) is 25.3 Å². The second kappa shape index (κ2) is 8.32. The highest BCUT2D eigenvalue weighted by atomic mass is 16.6. The molecule has 0 radical (unpaired) electrons. The Balaban J connectivity index is 1.58. The number of nitrogens with zero attached hydrogens (tertiary/aromatic N) is 4. The first kappa shape index (κ1) is 19.6. The van der Waals surface area contributed by atoms with E-state index in [2.05, 4.69) is 10.1 Å². The third-order valence-electron chi connectivity index (χ3n) is 5.14. The van der Waals surface area contributed by atoms with Crippen molar-refractivity contribution in [1.29, 1.82) is 0 Å². The number of carbonyl (C=O) groups is 1. The lowest BCUT2D eigenvalue weighted by Crippen LogP contribution is -2.38. The number of amides is 1. The van der Waals surface area contributed by atoms with Gasteiger partial charge in [-0.3, -0.25) is 14.9 Å². The van der Waals surface area contributed by atoms with E-state index < -0.39 is 4.92 Å². The number of rotatable bonds is 5. The number of hydrogen-bond donors (Lipinski definition) is 0. The van der Waals surface area contributed by atoms with Crippen LogP contribution in [-0.4, -0.2) is 39.5 Å². The summed E-state index contributed by atoms with van der Waals surface area (Å²) in [5, 5.41) is 14.9. The van der Waals surface area contributed by atoms with Gasteiger partial charge in [0.2, 0.25) is 11.7 Å². The molecule has 1 fully saturated rings. The van der Waals surface area contributed by atoms with Gasteiger partial charge in [0.05, 0.1) is 12.0 Å². The second-order valence-corrected chi connectivity index (χ2v) is 7.00. The lowest BCUT2D eigenvalue weighted by molar-refractivity contribution is -0.384. The molecule has 0 spiro atoms. The fraction of sp³-hybridized carbons (Fsp3) is 0.286. The molecule has 9 nitrogen and oxygen atoms in total. The molecular weight excluding hydrogens is 388 g/mol. The first-order valence-electron chi connectivity index (χ1n) is 9.60. The predicted octanol–water partition coefficient (Wildman–Crippen LogP) is 4.02. The Kier molecular flexibility index (Phi) is 5.42. The Labute approximate surface area is 172 Å². The van der Waals surface area contributed by atoms with E-state index in [0.717, 1.165) is 18.4 Å². The SMILES string of the molecule is COc1cccc(-c2noc([C@H]3CCCCN3C(=O)c3ccc([N+](=O)[O-])cc3)n2)c1. The fourth-order valence-corrected chi connectivity index (χ4v) is 3.57. The number of methoxy groups -OCH3 is 1. The van der Waals surface area contributed by atoms with Crippen LogP contribution in [0.25, 0.3) is 11.4 Å². The van der Waals surface area contributed by atoms with Crippen molar-refractivity contribution in [3.05, 3.63) is 70.1 Å². The van der Waals surface area contributed by atoms with E-state index in [9.17, 15) is 14.9 Å². The van der Waals surface area contributed by atoms with Crippen LogP contribution in [0.4, 0.5) is 5.69 Å². The summed E-state index contributed by atoms with van der Waals surface area (Å²) in [4.78, 5) is 29.7. The number of nitro groups is 1. The Morgan fingerprint density at radius 1 is 1.23 bits per heavy atom. The maximum absolute atomic E-state index is 13.1. The number of benzene rings is 2. The van der Waals surface area contributed by atoms with Gasteiger partial charge in [0, 0.05) is 29.8 Å². The van der Waals surface area contributed by atoms with Crippen LogP contribution in [0.2, 0.25) is 0 Å². The molecule has 154 valence electrons. The van der Waals surface area contributed by atoms with Crippen molar-refractivity contribution in [1.82, 2.24) is 15.0 Å². The smallest absolute Gasteiger partial charge is 0.269 e. The van der Waals surface area contributed by atoms with Gasteiger partial charge in [-0.25, -0.2) is 0 Å². The number of non-ortho nitro benzene ring substituents is 1. The fourth-order valence-electron chi connectivity index (χ4n) is 3.57. The van der Waals surface area contributed by atoms with Gasteiger partial charge >= 0.3 is 0 Å². The first-order chi connectivity index (χ1) is 14.6. The zero-order chi connectivity index (χ0) is 21.1. The molecule has 0 N–H and O–H groups in total. The third kappa shape index (κ3) is 3.86. The molecule has 4 rings (SSSR count).